The van der Waals surface area contributed by atoms with Gasteiger partial charge in [0.1, 0.15) is 5.75 Å². The Bertz CT molecular complexity index is 668. The lowest BCUT2D eigenvalue weighted by Crippen LogP contribution is -2.31. The second kappa shape index (κ2) is 8.12. The highest BCUT2D eigenvalue weighted by Crippen LogP contribution is 2.34. The van der Waals surface area contributed by atoms with E-state index in [1.807, 2.05) is 29.6 Å². The molecule has 0 fully saturated rings. The number of aromatic nitrogens is 1. The van der Waals surface area contributed by atoms with Gasteiger partial charge in [-0.3, -0.25) is 5.32 Å². The summed E-state index contributed by atoms with van der Waals surface area (Å²) < 4.78 is 10.1. The molecule has 1 aromatic carbocycles. The van der Waals surface area contributed by atoms with E-state index < -0.39 is 0 Å². The molecule has 0 bridgehead atoms. The van der Waals surface area contributed by atoms with Crippen LogP contribution < -0.4 is 15.4 Å². The van der Waals surface area contributed by atoms with Crippen LogP contribution >= 0.6 is 11.3 Å². The van der Waals surface area contributed by atoms with Crippen molar-refractivity contribution < 1.29 is 14.3 Å². The number of methoxy groups -OCH3 is 2. The molecule has 6 nitrogen and oxygen atoms in total. The first-order chi connectivity index (χ1) is 11.5. The maximum absolute atomic E-state index is 11.8. The Morgan fingerprint density at radius 3 is 2.58 bits per heavy atom. The monoisotopic (exact) mass is 349 g/mol. The molecule has 24 heavy (non-hydrogen) atoms. The van der Waals surface area contributed by atoms with E-state index in [2.05, 4.69) is 29.5 Å². The van der Waals surface area contributed by atoms with Crippen molar-refractivity contribution in [2.24, 2.45) is 0 Å². The summed E-state index contributed by atoms with van der Waals surface area (Å²) in [5, 5.41) is 7.99. The number of carbonyl (C=O) groups is 1. The summed E-state index contributed by atoms with van der Waals surface area (Å²) in [7, 11) is 3.24. The smallest absolute Gasteiger partial charge is 0.321 e. The molecular formula is C17H23N3O3S. The fraction of sp³-hybridized carbons (Fsp3) is 0.412. The first kappa shape index (κ1) is 18.2. The Labute approximate surface area is 146 Å². The molecule has 0 radical (unpaired) electrons. The van der Waals surface area contributed by atoms with Gasteiger partial charge in [-0.1, -0.05) is 26.0 Å². The third-order valence-electron chi connectivity index (χ3n) is 3.77. The number of amides is 2. The Hall–Kier alpha value is -2.12. The van der Waals surface area contributed by atoms with E-state index in [-0.39, 0.29) is 11.4 Å². The molecule has 0 saturated carbocycles. The molecule has 7 heteroatoms. The molecule has 2 aromatic rings. The predicted octanol–water partition coefficient (Wildman–Crippen LogP) is 3.25. The van der Waals surface area contributed by atoms with Gasteiger partial charge in [-0.15, -0.1) is 11.3 Å². The minimum atomic E-state index is -0.282. The van der Waals surface area contributed by atoms with Crippen LogP contribution in [0, 0.1) is 0 Å². The van der Waals surface area contributed by atoms with Crippen LogP contribution in [0.5, 0.6) is 5.75 Å². The molecular weight excluding hydrogens is 326 g/mol. The van der Waals surface area contributed by atoms with Crippen LogP contribution in [-0.4, -0.2) is 38.4 Å². The molecule has 0 aliphatic rings. The third-order valence-corrected chi connectivity index (χ3v) is 4.53. The number of urea groups is 1. The summed E-state index contributed by atoms with van der Waals surface area (Å²) in [5.41, 5.74) is 1.77. The van der Waals surface area contributed by atoms with E-state index >= 15 is 0 Å². The summed E-state index contributed by atoms with van der Waals surface area (Å²) in [6.07, 6.45) is 0. The van der Waals surface area contributed by atoms with Crippen LogP contribution in [-0.2, 0) is 10.2 Å². The minimum Gasteiger partial charge on any atom is -0.497 e. The van der Waals surface area contributed by atoms with Crippen LogP contribution in [0.4, 0.5) is 9.93 Å². The zero-order valence-corrected chi connectivity index (χ0v) is 15.2. The van der Waals surface area contributed by atoms with Crippen molar-refractivity contribution in [2.45, 2.75) is 19.3 Å². The largest absolute Gasteiger partial charge is 0.497 e. The lowest BCUT2D eigenvalue weighted by atomic mass is 9.82. The zero-order valence-electron chi connectivity index (χ0n) is 14.4. The van der Waals surface area contributed by atoms with Gasteiger partial charge >= 0.3 is 6.03 Å². The average molecular weight is 349 g/mol. The van der Waals surface area contributed by atoms with Gasteiger partial charge < -0.3 is 14.8 Å². The fourth-order valence-electron chi connectivity index (χ4n) is 2.18. The normalized spacial score (nSPS) is 11.2. The second-order valence-electron chi connectivity index (χ2n) is 5.77. The predicted molar refractivity (Wildman–Crippen MR) is 96.1 cm³/mol. The van der Waals surface area contributed by atoms with Crippen molar-refractivity contribution in [3.8, 4) is 5.75 Å². The quantitative estimate of drug-likeness (QED) is 0.753. The van der Waals surface area contributed by atoms with Crippen LogP contribution in [0.1, 0.15) is 25.1 Å². The summed E-state index contributed by atoms with van der Waals surface area (Å²) >= 11 is 1.41. The molecule has 2 rings (SSSR count). The van der Waals surface area contributed by atoms with Crippen LogP contribution in [0.3, 0.4) is 0 Å². The maximum atomic E-state index is 11.8. The Balaban J connectivity index is 2.06. The number of carbonyl (C=O) groups excluding carboxylic acids is 1. The Morgan fingerprint density at radius 1 is 1.25 bits per heavy atom. The van der Waals surface area contributed by atoms with E-state index in [9.17, 15) is 4.79 Å². The highest BCUT2D eigenvalue weighted by molar-refractivity contribution is 7.13. The van der Waals surface area contributed by atoms with Crippen LogP contribution in [0.25, 0.3) is 0 Å². The number of ether oxygens (including phenoxy) is 2. The van der Waals surface area contributed by atoms with E-state index in [0.717, 1.165) is 17.0 Å². The van der Waals surface area contributed by atoms with Crippen molar-refractivity contribution in [1.82, 2.24) is 10.3 Å². The average Bonchev–Trinajstić information content (AvgIpc) is 3.04. The van der Waals surface area contributed by atoms with E-state index in [0.29, 0.717) is 18.3 Å². The number of benzene rings is 1. The molecule has 1 heterocycles. The van der Waals surface area contributed by atoms with Gasteiger partial charge in [-0.2, -0.15) is 0 Å². The number of thiazole rings is 1. The van der Waals surface area contributed by atoms with E-state index in [1.54, 1.807) is 14.2 Å². The van der Waals surface area contributed by atoms with Crippen molar-refractivity contribution in [1.29, 1.82) is 0 Å². The van der Waals surface area contributed by atoms with E-state index in [1.165, 1.54) is 11.3 Å². The van der Waals surface area contributed by atoms with Crippen molar-refractivity contribution in [2.75, 3.05) is 32.7 Å². The standard InChI is InChI=1S/C17H23N3O3S/c1-17(2,12-5-7-13(23-4)8-6-12)14-11-24-16(19-14)20-15(21)18-9-10-22-3/h5-8,11H,9-10H2,1-4H3,(H2,18,19,20,21). The summed E-state index contributed by atoms with van der Waals surface area (Å²) in [6.45, 7) is 5.14. The molecule has 0 atom stereocenters. The summed E-state index contributed by atoms with van der Waals surface area (Å²) in [6, 6.07) is 7.65. The lowest BCUT2D eigenvalue weighted by molar-refractivity contribution is 0.198. The Morgan fingerprint density at radius 2 is 1.96 bits per heavy atom. The number of rotatable bonds is 7. The number of hydrogen-bond acceptors (Lipinski definition) is 5. The maximum Gasteiger partial charge on any atom is 0.321 e. The van der Waals surface area contributed by atoms with Gasteiger partial charge in [0.05, 0.1) is 19.4 Å². The number of nitrogens with zero attached hydrogens (tertiary/aromatic N) is 1. The van der Waals surface area contributed by atoms with Gasteiger partial charge in [0, 0.05) is 24.4 Å². The third kappa shape index (κ3) is 4.46. The topological polar surface area (TPSA) is 72.5 Å². The molecule has 0 saturated heterocycles. The number of hydrogen-bond donors (Lipinski definition) is 2. The first-order valence-corrected chi connectivity index (χ1v) is 8.49. The first-order valence-electron chi connectivity index (χ1n) is 7.61. The van der Waals surface area contributed by atoms with Gasteiger partial charge in [0.15, 0.2) is 5.13 Å². The highest BCUT2D eigenvalue weighted by Gasteiger charge is 2.26. The summed E-state index contributed by atoms with van der Waals surface area (Å²) in [4.78, 5) is 16.3. The minimum absolute atomic E-state index is 0.269. The molecule has 0 aliphatic heterocycles. The van der Waals surface area contributed by atoms with Gasteiger partial charge in [0.2, 0.25) is 0 Å². The van der Waals surface area contributed by atoms with Crippen molar-refractivity contribution in [3.05, 3.63) is 40.9 Å². The van der Waals surface area contributed by atoms with Gasteiger partial charge in [-0.25, -0.2) is 9.78 Å². The lowest BCUT2D eigenvalue weighted by Gasteiger charge is -2.23. The molecule has 0 aliphatic carbocycles. The molecule has 130 valence electrons. The van der Waals surface area contributed by atoms with Crippen LogP contribution in [0.15, 0.2) is 29.6 Å². The van der Waals surface area contributed by atoms with Crippen molar-refractivity contribution in [3.63, 3.8) is 0 Å². The van der Waals surface area contributed by atoms with E-state index in [4.69, 9.17) is 9.47 Å². The Kier molecular flexibility index (Phi) is 6.16. The SMILES string of the molecule is COCCNC(=O)Nc1nc(C(C)(C)c2ccc(OC)cc2)cs1. The van der Waals surface area contributed by atoms with Gasteiger partial charge in [0.25, 0.3) is 0 Å². The number of anilines is 1. The van der Waals surface area contributed by atoms with Crippen molar-refractivity contribution >= 4 is 22.5 Å². The molecule has 0 unspecified atom stereocenters. The second-order valence-corrected chi connectivity index (χ2v) is 6.62. The fourth-order valence-corrected chi connectivity index (χ4v) is 3.05. The zero-order chi connectivity index (χ0) is 17.6. The molecule has 1 aromatic heterocycles. The number of nitrogens with one attached hydrogen (secondary N) is 2. The van der Waals surface area contributed by atoms with Gasteiger partial charge in [-0.05, 0) is 17.7 Å². The van der Waals surface area contributed by atoms with Crippen LogP contribution in [0.2, 0.25) is 0 Å². The molecule has 2 amide bonds. The molecule has 0 spiro atoms. The highest BCUT2D eigenvalue weighted by atomic mass is 32.1. The summed E-state index contributed by atoms with van der Waals surface area (Å²) in [5.74, 6) is 0.822. The molecule has 2 N–H and O–H groups in total.